The Morgan fingerprint density at radius 2 is 1.68 bits per heavy atom. The van der Waals surface area contributed by atoms with Crippen LogP contribution in [0, 0.1) is 28.6 Å². The van der Waals surface area contributed by atoms with E-state index in [9.17, 15) is 14.7 Å². The van der Waals surface area contributed by atoms with Crippen LogP contribution in [0.1, 0.15) is 58.3 Å². The molecule has 0 aromatic heterocycles. The first-order valence-electron chi connectivity index (χ1n) is 7.66. The van der Waals surface area contributed by atoms with Crippen LogP contribution in [0.2, 0.25) is 0 Å². The third kappa shape index (κ3) is 1.85. The van der Waals surface area contributed by atoms with Gasteiger partial charge in [0.2, 0.25) is 0 Å². The van der Waals surface area contributed by atoms with Crippen LogP contribution in [0.25, 0.3) is 0 Å². The Kier molecular flexibility index (Phi) is 2.99. The molecule has 4 fully saturated rings. The fourth-order valence-corrected chi connectivity index (χ4v) is 5.73. The molecule has 0 heterocycles. The SMILES string of the molecule is CC(CCC=O)(C(=O)O)C12CC3CC(CC(C3)C1)C2. The third-order valence-electron chi connectivity index (χ3n) is 6.44. The van der Waals surface area contributed by atoms with Crippen molar-refractivity contribution in [3.8, 4) is 0 Å². The number of hydrogen-bond acceptors (Lipinski definition) is 2. The van der Waals surface area contributed by atoms with E-state index in [1.54, 1.807) is 0 Å². The highest BCUT2D eigenvalue weighted by atomic mass is 16.4. The Morgan fingerprint density at radius 1 is 1.21 bits per heavy atom. The van der Waals surface area contributed by atoms with Crippen molar-refractivity contribution in [3.05, 3.63) is 0 Å². The molecule has 0 aromatic carbocycles. The molecule has 0 aliphatic heterocycles. The second kappa shape index (κ2) is 4.32. The second-order valence-electron chi connectivity index (χ2n) is 7.54. The van der Waals surface area contributed by atoms with Crippen molar-refractivity contribution in [2.75, 3.05) is 0 Å². The highest BCUT2D eigenvalue weighted by Crippen LogP contribution is 2.66. The smallest absolute Gasteiger partial charge is 0.309 e. The second-order valence-corrected chi connectivity index (χ2v) is 7.54. The molecule has 0 saturated heterocycles. The maximum Gasteiger partial charge on any atom is 0.309 e. The van der Waals surface area contributed by atoms with Gasteiger partial charge in [-0.25, -0.2) is 0 Å². The van der Waals surface area contributed by atoms with E-state index >= 15 is 0 Å². The predicted molar refractivity (Wildman–Crippen MR) is 71.6 cm³/mol. The minimum atomic E-state index is -0.704. The summed E-state index contributed by atoms with van der Waals surface area (Å²) in [6, 6.07) is 0. The minimum absolute atomic E-state index is 0.0312. The summed E-state index contributed by atoms with van der Waals surface area (Å²) in [6.45, 7) is 1.91. The first kappa shape index (κ1) is 13.1. The molecule has 4 bridgehead atoms. The number of carboxylic acid groups (broad SMARTS) is 1. The van der Waals surface area contributed by atoms with Gasteiger partial charge in [-0.3, -0.25) is 4.79 Å². The van der Waals surface area contributed by atoms with Gasteiger partial charge in [-0.1, -0.05) is 0 Å². The van der Waals surface area contributed by atoms with Crippen molar-refractivity contribution in [2.45, 2.75) is 58.3 Å². The average molecular weight is 264 g/mol. The Labute approximate surface area is 114 Å². The molecule has 19 heavy (non-hydrogen) atoms. The van der Waals surface area contributed by atoms with E-state index in [1.165, 1.54) is 19.3 Å². The Morgan fingerprint density at radius 3 is 2.05 bits per heavy atom. The van der Waals surface area contributed by atoms with Crippen molar-refractivity contribution >= 4 is 12.3 Å². The summed E-state index contributed by atoms with van der Waals surface area (Å²) in [5.74, 6) is 1.57. The van der Waals surface area contributed by atoms with Gasteiger partial charge in [-0.15, -0.1) is 0 Å². The molecule has 0 aromatic rings. The average Bonchev–Trinajstić information content (AvgIpc) is 2.33. The Balaban J connectivity index is 1.93. The molecular formula is C16H24O3. The molecule has 1 atom stereocenters. The van der Waals surface area contributed by atoms with Gasteiger partial charge in [0.25, 0.3) is 0 Å². The van der Waals surface area contributed by atoms with E-state index in [4.69, 9.17) is 0 Å². The van der Waals surface area contributed by atoms with E-state index < -0.39 is 11.4 Å². The zero-order valence-corrected chi connectivity index (χ0v) is 11.7. The summed E-state index contributed by atoms with van der Waals surface area (Å²) < 4.78 is 0. The summed E-state index contributed by atoms with van der Waals surface area (Å²) in [7, 11) is 0. The maximum atomic E-state index is 11.9. The molecule has 4 aliphatic rings. The van der Waals surface area contributed by atoms with Crippen molar-refractivity contribution < 1.29 is 14.7 Å². The lowest BCUT2D eigenvalue weighted by Crippen LogP contribution is -2.56. The quantitative estimate of drug-likeness (QED) is 0.775. The summed E-state index contributed by atoms with van der Waals surface area (Å²) in [4.78, 5) is 22.6. The lowest BCUT2D eigenvalue weighted by atomic mass is 9.42. The van der Waals surface area contributed by atoms with Gasteiger partial charge >= 0.3 is 5.97 Å². The number of aliphatic carboxylic acids is 1. The molecule has 1 unspecified atom stereocenters. The number of carbonyl (C=O) groups excluding carboxylic acids is 1. The van der Waals surface area contributed by atoms with Crippen molar-refractivity contribution in [3.63, 3.8) is 0 Å². The van der Waals surface area contributed by atoms with Crippen LogP contribution in [0.4, 0.5) is 0 Å². The Hall–Kier alpha value is -0.860. The molecule has 0 spiro atoms. The molecule has 106 valence electrons. The predicted octanol–water partition coefficient (Wildman–Crippen LogP) is 3.27. The lowest BCUT2D eigenvalue weighted by molar-refractivity contribution is -0.177. The molecule has 4 saturated carbocycles. The van der Waals surface area contributed by atoms with Crippen LogP contribution < -0.4 is 0 Å². The highest BCUT2D eigenvalue weighted by molar-refractivity contribution is 5.76. The van der Waals surface area contributed by atoms with Crippen LogP contribution in [-0.2, 0) is 9.59 Å². The lowest BCUT2D eigenvalue weighted by Gasteiger charge is -2.62. The van der Waals surface area contributed by atoms with Crippen LogP contribution in [-0.4, -0.2) is 17.4 Å². The topological polar surface area (TPSA) is 54.4 Å². The van der Waals surface area contributed by atoms with Gasteiger partial charge in [0.15, 0.2) is 0 Å². The largest absolute Gasteiger partial charge is 0.481 e. The minimum Gasteiger partial charge on any atom is -0.481 e. The standard InChI is InChI=1S/C16H24O3/c1-15(14(18)19,3-2-4-17)16-8-11-5-12(9-16)7-13(6-11)10-16/h4,11-13H,2-3,5-10H2,1H3,(H,18,19). The molecule has 4 rings (SSSR count). The van der Waals surface area contributed by atoms with Crippen molar-refractivity contribution in [1.29, 1.82) is 0 Å². The van der Waals surface area contributed by atoms with E-state index in [1.807, 2.05) is 6.92 Å². The van der Waals surface area contributed by atoms with Gasteiger partial charge in [0.1, 0.15) is 6.29 Å². The number of carbonyl (C=O) groups is 2. The summed E-state index contributed by atoms with van der Waals surface area (Å²) in [5, 5.41) is 9.80. The number of rotatable bonds is 5. The van der Waals surface area contributed by atoms with Gasteiger partial charge in [-0.05, 0) is 75.0 Å². The summed E-state index contributed by atoms with van der Waals surface area (Å²) in [6.07, 6.45) is 8.99. The fraction of sp³-hybridized carbons (Fsp3) is 0.875. The summed E-state index contributed by atoms with van der Waals surface area (Å²) >= 11 is 0. The van der Waals surface area contributed by atoms with Gasteiger partial charge in [-0.2, -0.15) is 0 Å². The molecular weight excluding hydrogens is 240 g/mol. The van der Waals surface area contributed by atoms with Crippen LogP contribution >= 0.6 is 0 Å². The zero-order valence-electron chi connectivity index (χ0n) is 11.7. The maximum absolute atomic E-state index is 11.9. The van der Waals surface area contributed by atoms with E-state index in [2.05, 4.69) is 0 Å². The molecule has 0 amide bonds. The van der Waals surface area contributed by atoms with Crippen LogP contribution in [0.15, 0.2) is 0 Å². The van der Waals surface area contributed by atoms with Gasteiger partial charge < -0.3 is 9.90 Å². The van der Waals surface area contributed by atoms with E-state index in [-0.39, 0.29) is 5.41 Å². The Bertz CT molecular complexity index is 366. The molecule has 1 N–H and O–H groups in total. The number of hydrogen-bond donors (Lipinski definition) is 1. The summed E-state index contributed by atoms with van der Waals surface area (Å²) in [5.41, 5.74) is -0.736. The van der Waals surface area contributed by atoms with Crippen LogP contribution in [0.5, 0.6) is 0 Å². The van der Waals surface area contributed by atoms with E-state index in [0.717, 1.165) is 43.3 Å². The van der Waals surface area contributed by atoms with Gasteiger partial charge in [0, 0.05) is 6.42 Å². The molecule has 3 nitrogen and oxygen atoms in total. The van der Waals surface area contributed by atoms with Crippen molar-refractivity contribution in [1.82, 2.24) is 0 Å². The molecule has 0 radical (unpaired) electrons. The first-order valence-corrected chi connectivity index (χ1v) is 7.66. The normalized spacial score (nSPS) is 42.9. The number of aldehydes is 1. The molecule has 4 aliphatic carbocycles. The highest BCUT2D eigenvalue weighted by Gasteiger charge is 2.61. The monoisotopic (exact) mass is 264 g/mol. The zero-order chi connectivity index (χ0) is 13.7. The fourth-order valence-electron chi connectivity index (χ4n) is 5.73. The molecule has 3 heteroatoms. The van der Waals surface area contributed by atoms with Crippen molar-refractivity contribution in [2.24, 2.45) is 28.6 Å². The first-order chi connectivity index (χ1) is 8.99. The van der Waals surface area contributed by atoms with Gasteiger partial charge in [0.05, 0.1) is 5.41 Å². The van der Waals surface area contributed by atoms with Crippen LogP contribution in [0.3, 0.4) is 0 Å². The third-order valence-corrected chi connectivity index (χ3v) is 6.44. The number of carboxylic acids is 1. The van der Waals surface area contributed by atoms with E-state index in [0.29, 0.717) is 12.8 Å².